The molecule has 2 aromatic rings. The average molecular weight is 320 g/mol. The molecule has 1 heterocycles. The molecule has 0 radical (unpaired) electrons. The Bertz CT molecular complexity index is 662. The van der Waals surface area contributed by atoms with Crippen LogP contribution in [-0.4, -0.2) is 23.8 Å². The summed E-state index contributed by atoms with van der Waals surface area (Å²) < 4.78 is 5.36. The van der Waals surface area contributed by atoms with Gasteiger partial charge in [-0.3, -0.25) is 0 Å². The maximum Gasteiger partial charge on any atom is 0.122 e. The van der Waals surface area contributed by atoms with E-state index in [1.165, 1.54) is 0 Å². The van der Waals surface area contributed by atoms with Gasteiger partial charge >= 0.3 is 0 Å². The molecular formula is C16H14ClNO2S. The fraction of sp³-hybridized carbons (Fsp3) is 0.188. The monoisotopic (exact) mass is 319 g/mol. The number of aromatic nitrogens is 1. The van der Waals surface area contributed by atoms with Crippen LogP contribution >= 0.6 is 23.4 Å². The third-order valence-corrected chi connectivity index (χ3v) is 3.88. The Hall–Kier alpha value is -1.67. The number of halogens is 1. The van der Waals surface area contributed by atoms with Gasteiger partial charge in [-0.05, 0) is 30.3 Å². The number of pyridine rings is 1. The molecule has 108 valence electrons. The topological polar surface area (TPSA) is 42.4 Å². The van der Waals surface area contributed by atoms with Gasteiger partial charge < -0.3 is 9.84 Å². The van der Waals surface area contributed by atoms with Crippen LogP contribution in [0.3, 0.4) is 0 Å². The molecule has 0 aliphatic rings. The lowest BCUT2D eigenvalue weighted by atomic mass is 10.1. The Kier molecular flexibility index (Phi) is 5.94. The molecule has 0 saturated carbocycles. The third-order valence-electron chi connectivity index (χ3n) is 2.67. The van der Waals surface area contributed by atoms with Crippen LogP contribution in [0.2, 0.25) is 5.02 Å². The summed E-state index contributed by atoms with van der Waals surface area (Å²) in [6.07, 6.45) is 1.63. The average Bonchev–Trinajstić information content (AvgIpc) is 2.52. The minimum atomic E-state index is -0.148. The Labute approximate surface area is 133 Å². The first-order valence-corrected chi connectivity index (χ1v) is 7.60. The van der Waals surface area contributed by atoms with Crippen LogP contribution in [-0.2, 0) is 5.75 Å². The molecular weight excluding hydrogens is 306 g/mol. The highest BCUT2D eigenvalue weighted by atomic mass is 35.5. The first-order chi connectivity index (χ1) is 10.2. The second-order valence-corrected chi connectivity index (χ2v) is 5.52. The molecule has 0 saturated heterocycles. The van der Waals surface area contributed by atoms with Crippen LogP contribution < -0.4 is 4.74 Å². The fourth-order valence-electron chi connectivity index (χ4n) is 1.71. The van der Waals surface area contributed by atoms with Crippen molar-refractivity contribution in [2.75, 3.05) is 13.7 Å². The van der Waals surface area contributed by atoms with Gasteiger partial charge in [0.1, 0.15) is 12.4 Å². The Morgan fingerprint density at radius 1 is 1.33 bits per heavy atom. The molecule has 1 aromatic heterocycles. The van der Waals surface area contributed by atoms with E-state index >= 15 is 0 Å². The van der Waals surface area contributed by atoms with Crippen molar-refractivity contribution in [3.8, 4) is 17.6 Å². The Balaban J connectivity index is 2.15. The van der Waals surface area contributed by atoms with Crippen molar-refractivity contribution in [1.29, 1.82) is 0 Å². The first-order valence-electron chi connectivity index (χ1n) is 6.24. The summed E-state index contributed by atoms with van der Waals surface area (Å²) in [4.78, 5) is 4.25. The van der Waals surface area contributed by atoms with Crippen molar-refractivity contribution in [1.82, 2.24) is 4.98 Å². The second kappa shape index (κ2) is 7.94. The largest absolute Gasteiger partial charge is 0.496 e. The van der Waals surface area contributed by atoms with Crippen molar-refractivity contribution in [3.63, 3.8) is 0 Å². The molecule has 3 nitrogen and oxygen atoms in total. The van der Waals surface area contributed by atoms with E-state index < -0.39 is 0 Å². The molecule has 0 aliphatic carbocycles. The number of hydrogen-bond donors (Lipinski definition) is 1. The fourth-order valence-corrected chi connectivity index (χ4v) is 2.64. The highest BCUT2D eigenvalue weighted by Gasteiger charge is 2.05. The molecule has 0 atom stereocenters. The lowest BCUT2D eigenvalue weighted by molar-refractivity contribution is 0.350. The van der Waals surface area contributed by atoms with E-state index in [1.807, 2.05) is 30.3 Å². The number of rotatable bonds is 4. The summed E-state index contributed by atoms with van der Waals surface area (Å²) >= 11 is 7.42. The molecule has 1 aromatic carbocycles. The summed E-state index contributed by atoms with van der Waals surface area (Å²) in [5, 5.41) is 10.3. The van der Waals surface area contributed by atoms with Gasteiger partial charge in [0, 0.05) is 23.1 Å². The molecule has 2 rings (SSSR count). The van der Waals surface area contributed by atoms with Gasteiger partial charge in [0.15, 0.2) is 0 Å². The van der Waals surface area contributed by atoms with Gasteiger partial charge in [-0.2, -0.15) is 0 Å². The van der Waals surface area contributed by atoms with E-state index in [4.69, 9.17) is 21.4 Å². The van der Waals surface area contributed by atoms with Gasteiger partial charge in [0.25, 0.3) is 0 Å². The number of methoxy groups -OCH3 is 1. The van der Waals surface area contributed by atoms with Gasteiger partial charge in [0.2, 0.25) is 0 Å². The summed E-state index contributed by atoms with van der Waals surface area (Å²) in [5.74, 6) is 7.06. The minimum absolute atomic E-state index is 0.148. The summed E-state index contributed by atoms with van der Waals surface area (Å²) in [6, 6.07) is 9.42. The SMILES string of the molecule is COc1ccc(C#CCO)cc1CSc1ccc(Cl)cn1. The number of aliphatic hydroxyl groups is 1. The molecule has 0 fully saturated rings. The van der Waals surface area contributed by atoms with Gasteiger partial charge in [-0.15, -0.1) is 11.8 Å². The van der Waals surface area contributed by atoms with Crippen LogP contribution in [0.1, 0.15) is 11.1 Å². The third kappa shape index (κ3) is 4.68. The number of ether oxygens (including phenoxy) is 1. The number of aliphatic hydroxyl groups excluding tert-OH is 1. The highest BCUT2D eigenvalue weighted by molar-refractivity contribution is 7.98. The van der Waals surface area contributed by atoms with Crippen LogP contribution in [0.25, 0.3) is 0 Å². The molecule has 1 N–H and O–H groups in total. The standard InChI is InChI=1S/C16H14ClNO2S/c1-20-15-6-4-12(3-2-8-19)9-13(15)11-21-16-7-5-14(17)10-18-16/h4-7,9-10,19H,8,11H2,1H3. The lowest BCUT2D eigenvalue weighted by Crippen LogP contribution is -1.92. The molecule has 0 bridgehead atoms. The van der Waals surface area contributed by atoms with Crippen molar-refractivity contribution < 1.29 is 9.84 Å². The van der Waals surface area contributed by atoms with Gasteiger partial charge in [-0.1, -0.05) is 23.4 Å². The Morgan fingerprint density at radius 3 is 2.86 bits per heavy atom. The van der Waals surface area contributed by atoms with Crippen molar-refractivity contribution in [3.05, 3.63) is 52.7 Å². The van der Waals surface area contributed by atoms with E-state index in [1.54, 1.807) is 25.1 Å². The van der Waals surface area contributed by atoms with Crippen LogP contribution in [0.15, 0.2) is 41.6 Å². The van der Waals surface area contributed by atoms with Crippen LogP contribution in [0.4, 0.5) is 0 Å². The summed E-state index contributed by atoms with van der Waals surface area (Å²) in [5.41, 5.74) is 1.88. The van der Waals surface area contributed by atoms with E-state index in [0.717, 1.165) is 21.9 Å². The van der Waals surface area contributed by atoms with Crippen molar-refractivity contribution in [2.45, 2.75) is 10.8 Å². The summed E-state index contributed by atoms with van der Waals surface area (Å²) in [7, 11) is 1.64. The van der Waals surface area contributed by atoms with Crippen molar-refractivity contribution in [2.24, 2.45) is 0 Å². The quantitative estimate of drug-likeness (QED) is 0.693. The van der Waals surface area contributed by atoms with Gasteiger partial charge in [0.05, 0.1) is 17.2 Å². The smallest absolute Gasteiger partial charge is 0.122 e. The normalized spacial score (nSPS) is 9.86. The number of nitrogens with zero attached hydrogens (tertiary/aromatic N) is 1. The molecule has 0 aliphatic heterocycles. The van der Waals surface area contributed by atoms with Crippen molar-refractivity contribution >= 4 is 23.4 Å². The summed E-state index contributed by atoms with van der Waals surface area (Å²) in [6.45, 7) is -0.148. The van der Waals surface area contributed by atoms with Gasteiger partial charge in [-0.25, -0.2) is 4.98 Å². The predicted octanol–water partition coefficient (Wildman–Crippen LogP) is 3.38. The zero-order valence-corrected chi connectivity index (χ0v) is 13.0. The maximum absolute atomic E-state index is 8.75. The second-order valence-electron chi connectivity index (χ2n) is 4.09. The zero-order valence-electron chi connectivity index (χ0n) is 11.5. The predicted molar refractivity (Wildman–Crippen MR) is 85.8 cm³/mol. The highest BCUT2D eigenvalue weighted by Crippen LogP contribution is 2.28. The maximum atomic E-state index is 8.75. The lowest BCUT2D eigenvalue weighted by Gasteiger charge is -2.08. The molecule has 5 heteroatoms. The van der Waals surface area contributed by atoms with Crippen LogP contribution in [0, 0.1) is 11.8 Å². The number of benzene rings is 1. The van der Waals surface area contributed by atoms with E-state index in [9.17, 15) is 0 Å². The van der Waals surface area contributed by atoms with Crippen LogP contribution in [0.5, 0.6) is 5.75 Å². The molecule has 0 unspecified atom stereocenters. The van der Waals surface area contributed by atoms with E-state index in [-0.39, 0.29) is 6.61 Å². The molecule has 0 amide bonds. The molecule has 0 spiro atoms. The number of hydrogen-bond acceptors (Lipinski definition) is 4. The van der Waals surface area contributed by atoms with E-state index in [0.29, 0.717) is 10.8 Å². The van der Waals surface area contributed by atoms with E-state index in [2.05, 4.69) is 16.8 Å². The molecule has 21 heavy (non-hydrogen) atoms. The minimum Gasteiger partial charge on any atom is -0.496 e. The zero-order chi connectivity index (χ0) is 15.1. The Morgan fingerprint density at radius 2 is 2.19 bits per heavy atom. The first kappa shape index (κ1) is 15.7. The number of thioether (sulfide) groups is 1.